The summed E-state index contributed by atoms with van der Waals surface area (Å²) in [5.41, 5.74) is 18.8. The van der Waals surface area contributed by atoms with E-state index in [4.69, 9.17) is 0 Å². The number of nitrogens with zero attached hydrogens (tertiary/aromatic N) is 4. The minimum atomic E-state index is -0.941. The largest absolute Gasteiger partial charge is 0.331 e. The molecular weight excluding hydrogens is 1010 g/mol. The number of aromatic nitrogens is 4. The van der Waals surface area contributed by atoms with Crippen molar-refractivity contribution < 1.29 is 8.78 Å². The highest BCUT2D eigenvalue weighted by molar-refractivity contribution is 6.15. The highest BCUT2D eigenvalue weighted by Crippen LogP contribution is 2.57. The highest BCUT2D eigenvalue weighted by Gasteiger charge is 2.44. The average Bonchev–Trinajstić information content (AvgIpc) is 2.18. The van der Waals surface area contributed by atoms with Crippen LogP contribution in [0.2, 0.25) is 0 Å². The van der Waals surface area contributed by atoms with E-state index in [1.165, 1.54) is 0 Å². The molecule has 4 heterocycles. The Morgan fingerprint density at radius 3 is 0.841 bits per heavy atom. The second-order valence-electron chi connectivity index (χ2n) is 23.8. The van der Waals surface area contributed by atoms with E-state index < -0.39 is 11.1 Å². The van der Waals surface area contributed by atoms with E-state index >= 15 is 8.78 Å². The minimum absolute atomic E-state index is 0.326. The van der Waals surface area contributed by atoms with Crippen LogP contribution in [0.3, 0.4) is 0 Å². The fourth-order valence-electron chi connectivity index (χ4n) is 14.4. The molecule has 82 heavy (non-hydrogen) atoms. The van der Waals surface area contributed by atoms with Gasteiger partial charge < -0.3 is 18.3 Å². The fourth-order valence-corrected chi connectivity index (χ4v) is 14.4. The summed E-state index contributed by atoms with van der Waals surface area (Å²) in [5.74, 6) is -0.651. The van der Waals surface area contributed by atoms with Gasteiger partial charge in [-0.25, -0.2) is 8.78 Å². The molecule has 0 amide bonds. The van der Waals surface area contributed by atoms with Crippen LogP contribution < -0.4 is 0 Å². The third-order valence-corrected chi connectivity index (χ3v) is 17.8. The van der Waals surface area contributed by atoms with E-state index in [9.17, 15) is 0 Å². The maximum Gasteiger partial charge on any atom is 0.123 e. The molecule has 0 saturated heterocycles. The highest BCUT2D eigenvalue weighted by atomic mass is 19.1. The minimum Gasteiger partial charge on any atom is -0.331 e. The summed E-state index contributed by atoms with van der Waals surface area (Å²) >= 11 is 0. The molecule has 4 nitrogen and oxygen atoms in total. The van der Waals surface area contributed by atoms with Crippen molar-refractivity contribution in [1.29, 1.82) is 0 Å². The Hall–Kier alpha value is -9.52. The number of fused-ring (bicyclic) bond motifs is 12. The lowest BCUT2D eigenvalue weighted by Crippen LogP contribution is -2.35. The number of halogens is 2. The lowest BCUT2D eigenvalue weighted by atomic mass is 9.74. The van der Waals surface area contributed by atoms with Gasteiger partial charge in [0.05, 0.1) is 44.5 Å². The van der Waals surface area contributed by atoms with E-state index in [2.05, 4.69) is 244 Å². The van der Waals surface area contributed by atoms with Gasteiger partial charge in [0, 0.05) is 81.8 Å². The number of hydrogen-bond acceptors (Lipinski definition) is 0. The molecule has 0 aliphatic heterocycles. The number of benzene rings is 11. The molecule has 0 aliphatic rings. The van der Waals surface area contributed by atoms with Crippen molar-refractivity contribution in [3.8, 4) is 33.6 Å². The van der Waals surface area contributed by atoms with Gasteiger partial charge in [0.2, 0.25) is 0 Å². The first kappa shape index (κ1) is 49.5. The number of aryl methyl sites for hydroxylation is 4. The molecule has 15 rings (SSSR count). The molecule has 0 aliphatic carbocycles. The second kappa shape index (κ2) is 18.0. The van der Waals surface area contributed by atoms with Crippen molar-refractivity contribution in [1.82, 2.24) is 18.3 Å². The van der Waals surface area contributed by atoms with Crippen LogP contribution in [0.25, 0.3) is 121 Å². The van der Waals surface area contributed by atoms with Crippen LogP contribution in [0.1, 0.15) is 61.1 Å². The average molecular weight is 1070 g/mol. The summed E-state index contributed by atoms with van der Waals surface area (Å²) < 4.78 is 42.3. The topological polar surface area (TPSA) is 19.7 Å². The molecule has 0 unspecified atom stereocenters. The molecule has 0 saturated carbocycles. The maximum absolute atomic E-state index is 16.1. The Bertz CT molecular complexity index is 4730. The van der Waals surface area contributed by atoms with Crippen molar-refractivity contribution in [2.24, 2.45) is 0 Å². The number of hydrogen-bond donors (Lipinski definition) is 0. The monoisotopic (exact) mass is 1070 g/mol. The van der Waals surface area contributed by atoms with Crippen molar-refractivity contribution >= 4 is 87.2 Å². The molecule has 398 valence electrons. The standard InChI is InChI=1S/C76H60F2N4/c1-45-25-37-61-57(41-45)58-42-46(2)26-38-62(58)79(61)73-69(49-29-33-51(77)34-30-49)71(75(5,6)81-65-21-13-9-17-53(65)54-18-10-14-22-66(54)81)70(50-31-35-52(78)36-32-50)74(80-63-39-27-47(3)43-59(63)60-44-48(4)28-40-64(60)80)72(73)76(7,8)82-67-23-15-11-19-55(67)56-20-12-16-24-68(56)82/h9-44H,1-8H3. The van der Waals surface area contributed by atoms with Crippen LogP contribution in [-0.2, 0) is 11.1 Å². The Balaban J connectivity index is 1.31. The quantitative estimate of drug-likeness (QED) is 0.145. The summed E-state index contributed by atoms with van der Waals surface area (Å²) in [4.78, 5) is 0. The number of rotatable bonds is 8. The van der Waals surface area contributed by atoms with Crippen LogP contribution in [0.4, 0.5) is 8.78 Å². The van der Waals surface area contributed by atoms with E-state index in [1.807, 2.05) is 24.3 Å². The van der Waals surface area contributed by atoms with Gasteiger partial charge in [-0.2, -0.15) is 0 Å². The summed E-state index contributed by atoms with van der Waals surface area (Å²) in [6.45, 7) is 18.2. The van der Waals surface area contributed by atoms with Crippen LogP contribution in [0, 0.1) is 39.3 Å². The molecule has 0 radical (unpaired) electrons. The van der Waals surface area contributed by atoms with Gasteiger partial charge in [-0.05, 0) is 169 Å². The third-order valence-electron chi connectivity index (χ3n) is 17.8. The zero-order valence-corrected chi connectivity index (χ0v) is 47.3. The lowest BCUT2D eigenvalue weighted by molar-refractivity contribution is 0.455. The summed E-state index contributed by atoms with van der Waals surface area (Å²) in [6, 6.07) is 76.8. The van der Waals surface area contributed by atoms with Gasteiger partial charge in [0.15, 0.2) is 0 Å². The van der Waals surface area contributed by atoms with E-state index in [0.717, 1.165) is 154 Å². The third kappa shape index (κ3) is 7.13. The fraction of sp³-hybridized carbons (Fsp3) is 0.132. The predicted octanol–water partition coefficient (Wildman–Crippen LogP) is 20.5. The Morgan fingerprint density at radius 2 is 0.549 bits per heavy atom. The first-order valence-electron chi connectivity index (χ1n) is 28.5. The summed E-state index contributed by atoms with van der Waals surface area (Å²) in [6.07, 6.45) is 0. The normalized spacial score (nSPS) is 12.5. The predicted molar refractivity (Wildman–Crippen MR) is 341 cm³/mol. The van der Waals surface area contributed by atoms with E-state index in [1.54, 1.807) is 24.3 Å². The molecule has 6 heteroatoms. The summed E-state index contributed by atoms with van der Waals surface area (Å²) in [7, 11) is 0. The molecule has 11 aromatic carbocycles. The molecular formula is C76H60F2N4. The van der Waals surface area contributed by atoms with Crippen LogP contribution in [0.5, 0.6) is 0 Å². The van der Waals surface area contributed by atoms with E-state index in [-0.39, 0.29) is 11.6 Å². The van der Waals surface area contributed by atoms with Gasteiger partial charge in [-0.1, -0.05) is 144 Å². The molecule has 0 bridgehead atoms. The molecule has 0 N–H and O–H groups in total. The van der Waals surface area contributed by atoms with Gasteiger partial charge in [-0.3, -0.25) is 0 Å². The van der Waals surface area contributed by atoms with Gasteiger partial charge in [-0.15, -0.1) is 0 Å². The first-order valence-corrected chi connectivity index (χ1v) is 28.5. The van der Waals surface area contributed by atoms with E-state index in [0.29, 0.717) is 0 Å². The van der Waals surface area contributed by atoms with Gasteiger partial charge in [0.25, 0.3) is 0 Å². The molecule has 15 aromatic rings. The van der Waals surface area contributed by atoms with Crippen molar-refractivity contribution in [2.75, 3.05) is 0 Å². The zero-order chi connectivity index (χ0) is 56.1. The van der Waals surface area contributed by atoms with Gasteiger partial charge >= 0.3 is 0 Å². The first-order chi connectivity index (χ1) is 39.7. The van der Waals surface area contributed by atoms with Crippen molar-refractivity contribution in [2.45, 2.75) is 66.5 Å². The Kier molecular flexibility index (Phi) is 10.9. The molecule has 4 aromatic heterocycles. The van der Waals surface area contributed by atoms with Crippen molar-refractivity contribution in [3.63, 3.8) is 0 Å². The summed E-state index contributed by atoms with van der Waals surface area (Å²) in [5, 5.41) is 9.15. The molecule has 0 atom stereocenters. The lowest BCUT2D eigenvalue weighted by Gasteiger charge is -2.42. The smallest absolute Gasteiger partial charge is 0.123 e. The molecule has 0 spiro atoms. The van der Waals surface area contributed by atoms with Crippen LogP contribution >= 0.6 is 0 Å². The van der Waals surface area contributed by atoms with Crippen LogP contribution in [-0.4, -0.2) is 18.3 Å². The second-order valence-corrected chi connectivity index (χ2v) is 23.8. The van der Waals surface area contributed by atoms with Crippen LogP contribution in [0.15, 0.2) is 218 Å². The SMILES string of the molecule is Cc1ccc2c(c1)c1cc(C)ccc1n2-c1c(-c2ccc(F)cc2)c(C(C)(C)n2c3ccccc3c3ccccc32)c(-c2ccc(F)cc2)c(-n2c3ccc(C)cc3c3cc(C)ccc32)c1C(C)(C)n1c2ccccc2c2ccccc21. The van der Waals surface area contributed by atoms with Gasteiger partial charge in [0.1, 0.15) is 11.6 Å². The Labute approximate surface area is 475 Å². The van der Waals surface area contributed by atoms with Crippen molar-refractivity contribution in [3.05, 3.63) is 263 Å². The molecule has 0 fully saturated rings. The number of para-hydroxylation sites is 4. The maximum atomic E-state index is 16.1. The zero-order valence-electron chi connectivity index (χ0n) is 47.3. The Morgan fingerprint density at radius 1 is 0.280 bits per heavy atom.